The van der Waals surface area contributed by atoms with Gasteiger partial charge in [0.15, 0.2) is 0 Å². The summed E-state index contributed by atoms with van der Waals surface area (Å²) in [6.45, 7) is 8.06. The van der Waals surface area contributed by atoms with Gasteiger partial charge in [0.25, 0.3) is 0 Å². The van der Waals surface area contributed by atoms with Gasteiger partial charge in [-0.15, -0.1) is 0 Å². The van der Waals surface area contributed by atoms with Crippen LogP contribution in [0.15, 0.2) is 0 Å². The zero-order chi connectivity index (χ0) is 11.5. The second-order valence-electron chi connectivity index (χ2n) is 5.88. The minimum absolute atomic E-state index is 0.464. The summed E-state index contributed by atoms with van der Waals surface area (Å²) < 4.78 is 0. The first-order valence-corrected chi connectivity index (χ1v) is 6.37. The van der Waals surface area contributed by atoms with Crippen LogP contribution in [0.5, 0.6) is 0 Å². The molecule has 1 atom stereocenters. The van der Waals surface area contributed by atoms with Gasteiger partial charge in [-0.2, -0.15) is 0 Å². The zero-order valence-electron chi connectivity index (χ0n) is 11.1. The van der Waals surface area contributed by atoms with E-state index >= 15 is 0 Å². The van der Waals surface area contributed by atoms with E-state index in [2.05, 4.69) is 45.1 Å². The molecule has 0 radical (unpaired) electrons. The molecule has 0 heterocycles. The molecule has 0 aliphatic heterocycles. The third kappa shape index (κ3) is 3.46. The fourth-order valence-corrected chi connectivity index (χ4v) is 2.52. The average molecular weight is 212 g/mol. The van der Waals surface area contributed by atoms with E-state index in [4.69, 9.17) is 0 Å². The topological polar surface area (TPSA) is 15.3 Å². The van der Waals surface area contributed by atoms with Gasteiger partial charge in [-0.05, 0) is 52.6 Å². The molecule has 0 saturated heterocycles. The molecule has 15 heavy (non-hydrogen) atoms. The van der Waals surface area contributed by atoms with E-state index in [0.717, 1.165) is 12.5 Å². The SMILES string of the molecule is CC(C)CC(C)NCC1(N(C)C)CCC1. The van der Waals surface area contributed by atoms with Crippen LogP contribution in [0.3, 0.4) is 0 Å². The van der Waals surface area contributed by atoms with E-state index in [9.17, 15) is 0 Å². The summed E-state index contributed by atoms with van der Waals surface area (Å²) in [5, 5.41) is 3.70. The highest BCUT2D eigenvalue weighted by molar-refractivity contribution is 4.97. The molecule has 1 rings (SSSR count). The van der Waals surface area contributed by atoms with Crippen molar-refractivity contribution >= 4 is 0 Å². The second-order valence-corrected chi connectivity index (χ2v) is 5.88. The Hall–Kier alpha value is -0.0800. The molecule has 1 unspecified atom stereocenters. The summed E-state index contributed by atoms with van der Waals surface area (Å²) in [5.41, 5.74) is 0.464. The fraction of sp³-hybridized carbons (Fsp3) is 1.00. The highest BCUT2D eigenvalue weighted by Crippen LogP contribution is 2.35. The Labute approximate surface area is 95.4 Å². The van der Waals surface area contributed by atoms with Gasteiger partial charge in [0.1, 0.15) is 0 Å². The number of hydrogen-bond acceptors (Lipinski definition) is 2. The molecule has 0 spiro atoms. The Kier molecular flexibility index (Phi) is 4.60. The molecule has 0 amide bonds. The number of hydrogen-bond donors (Lipinski definition) is 1. The van der Waals surface area contributed by atoms with Crippen molar-refractivity contribution in [1.29, 1.82) is 0 Å². The van der Waals surface area contributed by atoms with Crippen LogP contribution in [0.4, 0.5) is 0 Å². The van der Waals surface area contributed by atoms with Gasteiger partial charge >= 0.3 is 0 Å². The summed E-state index contributed by atoms with van der Waals surface area (Å²) in [5.74, 6) is 0.796. The number of nitrogens with zero attached hydrogens (tertiary/aromatic N) is 1. The molecule has 1 N–H and O–H groups in total. The van der Waals surface area contributed by atoms with Crippen LogP contribution < -0.4 is 5.32 Å². The predicted octanol–water partition coefficient (Wildman–Crippen LogP) is 2.49. The lowest BCUT2D eigenvalue weighted by molar-refractivity contribution is 0.0570. The molecule has 1 saturated carbocycles. The maximum absolute atomic E-state index is 3.70. The molecule has 0 aromatic heterocycles. The highest BCUT2D eigenvalue weighted by Gasteiger charge is 2.38. The zero-order valence-corrected chi connectivity index (χ0v) is 11.1. The Morgan fingerprint density at radius 2 is 1.80 bits per heavy atom. The lowest BCUT2D eigenvalue weighted by Gasteiger charge is -2.48. The molecular weight excluding hydrogens is 184 g/mol. The normalized spacial score (nSPS) is 21.8. The first-order chi connectivity index (χ1) is 6.96. The van der Waals surface area contributed by atoms with Crippen molar-refractivity contribution in [3.63, 3.8) is 0 Å². The van der Waals surface area contributed by atoms with Crippen LogP contribution in [-0.4, -0.2) is 37.1 Å². The van der Waals surface area contributed by atoms with Crippen molar-refractivity contribution in [3.05, 3.63) is 0 Å². The van der Waals surface area contributed by atoms with Gasteiger partial charge < -0.3 is 10.2 Å². The second kappa shape index (κ2) is 5.31. The van der Waals surface area contributed by atoms with Crippen molar-refractivity contribution in [3.8, 4) is 0 Å². The standard InChI is InChI=1S/C13H28N2/c1-11(2)9-12(3)14-10-13(15(4)5)7-6-8-13/h11-12,14H,6-10H2,1-5H3. The molecule has 0 bridgehead atoms. The molecule has 1 aliphatic rings. The van der Waals surface area contributed by atoms with Crippen molar-refractivity contribution < 1.29 is 0 Å². The number of nitrogens with one attached hydrogen (secondary N) is 1. The summed E-state index contributed by atoms with van der Waals surface area (Å²) in [7, 11) is 4.43. The molecule has 0 aromatic carbocycles. The van der Waals surface area contributed by atoms with Crippen LogP contribution in [0.1, 0.15) is 46.5 Å². The number of rotatable bonds is 6. The largest absolute Gasteiger partial charge is 0.312 e. The molecule has 1 fully saturated rings. The molecule has 2 nitrogen and oxygen atoms in total. The third-order valence-electron chi connectivity index (χ3n) is 3.84. The van der Waals surface area contributed by atoms with E-state index in [1.54, 1.807) is 0 Å². The average Bonchev–Trinajstić information content (AvgIpc) is 1.99. The van der Waals surface area contributed by atoms with E-state index in [1.807, 2.05) is 0 Å². The van der Waals surface area contributed by atoms with Gasteiger partial charge in [0, 0.05) is 18.1 Å². The predicted molar refractivity (Wildman–Crippen MR) is 67.2 cm³/mol. The third-order valence-corrected chi connectivity index (χ3v) is 3.84. The maximum Gasteiger partial charge on any atom is 0.0328 e. The van der Waals surface area contributed by atoms with Gasteiger partial charge in [0.2, 0.25) is 0 Å². The smallest absolute Gasteiger partial charge is 0.0328 e. The quantitative estimate of drug-likeness (QED) is 0.728. The minimum Gasteiger partial charge on any atom is -0.312 e. The Morgan fingerprint density at radius 1 is 1.20 bits per heavy atom. The fourth-order valence-electron chi connectivity index (χ4n) is 2.52. The van der Waals surface area contributed by atoms with Crippen LogP contribution in [-0.2, 0) is 0 Å². The Morgan fingerprint density at radius 3 is 2.13 bits per heavy atom. The van der Waals surface area contributed by atoms with Crippen molar-refractivity contribution in [1.82, 2.24) is 10.2 Å². The summed E-state index contributed by atoms with van der Waals surface area (Å²) in [6, 6.07) is 0.655. The van der Waals surface area contributed by atoms with E-state index < -0.39 is 0 Å². The lowest BCUT2D eigenvalue weighted by Crippen LogP contribution is -2.57. The first-order valence-electron chi connectivity index (χ1n) is 6.37. The summed E-state index contributed by atoms with van der Waals surface area (Å²) in [6.07, 6.45) is 5.41. The van der Waals surface area contributed by atoms with Gasteiger partial charge in [-0.1, -0.05) is 13.8 Å². The molecule has 1 aliphatic carbocycles. The monoisotopic (exact) mass is 212 g/mol. The Balaban J connectivity index is 2.28. The Bertz CT molecular complexity index is 183. The van der Waals surface area contributed by atoms with Crippen molar-refractivity contribution in [2.75, 3.05) is 20.6 Å². The van der Waals surface area contributed by atoms with E-state index in [1.165, 1.54) is 25.7 Å². The lowest BCUT2D eigenvalue weighted by atomic mass is 9.75. The van der Waals surface area contributed by atoms with Crippen molar-refractivity contribution in [2.45, 2.75) is 58.0 Å². The summed E-state index contributed by atoms with van der Waals surface area (Å²) in [4.78, 5) is 2.41. The maximum atomic E-state index is 3.70. The molecular formula is C13H28N2. The van der Waals surface area contributed by atoms with Gasteiger partial charge in [-0.3, -0.25) is 0 Å². The van der Waals surface area contributed by atoms with Crippen molar-refractivity contribution in [2.24, 2.45) is 5.92 Å². The molecule has 2 heteroatoms. The number of likely N-dealkylation sites (N-methyl/N-ethyl adjacent to an activating group) is 1. The van der Waals surface area contributed by atoms with Gasteiger partial charge in [0.05, 0.1) is 0 Å². The van der Waals surface area contributed by atoms with Gasteiger partial charge in [-0.25, -0.2) is 0 Å². The van der Waals surface area contributed by atoms with E-state index in [0.29, 0.717) is 11.6 Å². The van der Waals surface area contributed by atoms with E-state index in [-0.39, 0.29) is 0 Å². The highest BCUT2D eigenvalue weighted by atomic mass is 15.2. The van der Waals surface area contributed by atoms with Crippen LogP contribution in [0.2, 0.25) is 0 Å². The minimum atomic E-state index is 0.464. The van der Waals surface area contributed by atoms with Crippen LogP contribution in [0.25, 0.3) is 0 Å². The summed E-state index contributed by atoms with van der Waals surface area (Å²) >= 11 is 0. The molecule has 0 aromatic rings. The first kappa shape index (κ1) is 13.0. The molecule has 90 valence electrons. The van der Waals surface area contributed by atoms with Crippen LogP contribution in [0, 0.1) is 5.92 Å². The van der Waals surface area contributed by atoms with Crippen LogP contribution >= 0.6 is 0 Å².